The Morgan fingerprint density at radius 3 is 2.52 bits per heavy atom. The van der Waals surface area contributed by atoms with Crippen LogP contribution in [0.4, 0.5) is 0 Å². The Morgan fingerprint density at radius 2 is 1.76 bits per heavy atom. The Kier molecular flexibility index (Phi) is 3.46. The van der Waals surface area contributed by atoms with Gasteiger partial charge in [-0.2, -0.15) is 0 Å². The molecule has 0 bridgehead atoms. The molecule has 1 unspecified atom stereocenters. The van der Waals surface area contributed by atoms with Gasteiger partial charge in [0, 0.05) is 11.1 Å². The number of hydrogen-bond acceptors (Lipinski definition) is 4. The molecule has 0 aromatic heterocycles. The van der Waals surface area contributed by atoms with Gasteiger partial charge in [0.2, 0.25) is 0 Å². The third-order valence-corrected chi connectivity index (χ3v) is 3.38. The molecule has 3 rings (SSSR count). The van der Waals surface area contributed by atoms with Crippen LogP contribution in [0.2, 0.25) is 0 Å². The fourth-order valence-electron chi connectivity index (χ4n) is 2.35. The summed E-state index contributed by atoms with van der Waals surface area (Å²) < 4.78 is 10.4. The molecular formula is C17H14O4. The van der Waals surface area contributed by atoms with E-state index in [1.165, 1.54) is 6.08 Å². The molecule has 2 aromatic carbocycles. The number of ether oxygens (including phenoxy) is 2. The molecule has 0 saturated carbocycles. The molecule has 0 aliphatic carbocycles. The van der Waals surface area contributed by atoms with Gasteiger partial charge >= 0.3 is 5.97 Å². The summed E-state index contributed by atoms with van der Waals surface area (Å²) in [6.07, 6.45) is 0.594. The van der Waals surface area contributed by atoms with Crippen molar-refractivity contribution in [2.75, 3.05) is 7.11 Å². The van der Waals surface area contributed by atoms with E-state index in [4.69, 9.17) is 9.47 Å². The number of cyclic esters (lactones) is 1. The molecule has 4 nitrogen and oxygen atoms in total. The number of carbonyl (C=O) groups is 1. The van der Waals surface area contributed by atoms with E-state index in [-0.39, 0.29) is 0 Å². The standard InChI is InChI=1S/C17H14O4/c1-20-15-9-5-4-8-13(15)14(18)10-16-11-6-2-3-7-12(11)17(19)21-16/h2-10,14,18H,1H3/b16-10-. The van der Waals surface area contributed by atoms with Gasteiger partial charge in [0.05, 0.1) is 12.7 Å². The van der Waals surface area contributed by atoms with Gasteiger partial charge in [0.1, 0.15) is 17.6 Å². The molecule has 4 heteroatoms. The zero-order valence-electron chi connectivity index (χ0n) is 11.4. The van der Waals surface area contributed by atoms with E-state index in [0.29, 0.717) is 28.2 Å². The lowest BCUT2D eigenvalue weighted by Crippen LogP contribution is -1.99. The first-order chi connectivity index (χ1) is 10.2. The average molecular weight is 282 g/mol. The summed E-state index contributed by atoms with van der Waals surface area (Å²) in [5, 5.41) is 10.4. The lowest BCUT2D eigenvalue weighted by atomic mass is 10.0. The molecule has 0 spiro atoms. The van der Waals surface area contributed by atoms with E-state index in [1.54, 1.807) is 37.4 Å². The number of carbonyl (C=O) groups excluding carboxylic acids is 1. The molecule has 21 heavy (non-hydrogen) atoms. The minimum atomic E-state index is -0.921. The fourth-order valence-corrected chi connectivity index (χ4v) is 2.35. The molecule has 1 N–H and O–H groups in total. The van der Waals surface area contributed by atoms with E-state index in [2.05, 4.69) is 0 Å². The highest BCUT2D eigenvalue weighted by atomic mass is 16.5. The molecule has 1 heterocycles. The minimum absolute atomic E-state index is 0.369. The number of para-hydroxylation sites is 1. The Bertz CT molecular complexity index is 718. The van der Waals surface area contributed by atoms with Crippen molar-refractivity contribution >= 4 is 11.7 Å². The summed E-state index contributed by atoms with van der Waals surface area (Å²) in [4.78, 5) is 11.7. The molecule has 106 valence electrons. The second-order valence-electron chi connectivity index (χ2n) is 4.65. The molecule has 0 amide bonds. The summed E-state index contributed by atoms with van der Waals surface area (Å²) in [6.45, 7) is 0. The lowest BCUT2D eigenvalue weighted by Gasteiger charge is -2.12. The van der Waals surface area contributed by atoms with E-state index < -0.39 is 12.1 Å². The number of hydrogen-bond donors (Lipinski definition) is 1. The third-order valence-electron chi connectivity index (χ3n) is 3.38. The van der Waals surface area contributed by atoms with E-state index in [1.807, 2.05) is 18.2 Å². The zero-order valence-corrected chi connectivity index (χ0v) is 11.4. The average Bonchev–Trinajstić information content (AvgIpc) is 2.84. The van der Waals surface area contributed by atoms with Crippen molar-refractivity contribution in [3.05, 3.63) is 71.3 Å². The van der Waals surface area contributed by atoms with Crippen molar-refractivity contribution in [3.63, 3.8) is 0 Å². The first-order valence-corrected chi connectivity index (χ1v) is 6.55. The van der Waals surface area contributed by atoms with Crippen LogP contribution in [-0.4, -0.2) is 18.2 Å². The molecule has 0 saturated heterocycles. The summed E-state index contributed by atoms with van der Waals surface area (Å²) in [7, 11) is 1.55. The number of methoxy groups -OCH3 is 1. The van der Waals surface area contributed by atoms with Gasteiger partial charge in [-0.05, 0) is 18.2 Å². The topological polar surface area (TPSA) is 55.8 Å². The number of aliphatic hydroxyl groups is 1. The highest BCUT2D eigenvalue weighted by Gasteiger charge is 2.26. The highest BCUT2D eigenvalue weighted by Crippen LogP contribution is 2.33. The summed E-state index contributed by atoms with van der Waals surface area (Å²) in [6, 6.07) is 14.3. The molecule has 1 aliphatic rings. The van der Waals surface area contributed by atoms with Crippen molar-refractivity contribution in [1.29, 1.82) is 0 Å². The van der Waals surface area contributed by atoms with E-state index >= 15 is 0 Å². The van der Waals surface area contributed by atoms with Crippen molar-refractivity contribution in [2.45, 2.75) is 6.10 Å². The Morgan fingerprint density at radius 1 is 1.10 bits per heavy atom. The van der Waals surface area contributed by atoms with Gasteiger partial charge in [0.15, 0.2) is 0 Å². The smallest absolute Gasteiger partial charge is 0.344 e. The van der Waals surface area contributed by atoms with Crippen LogP contribution in [0, 0.1) is 0 Å². The molecule has 2 aromatic rings. The maximum absolute atomic E-state index is 11.7. The van der Waals surface area contributed by atoms with Gasteiger partial charge in [0.25, 0.3) is 0 Å². The van der Waals surface area contributed by atoms with Crippen LogP contribution in [0.3, 0.4) is 0 Å². The van der Waals surface area contributed by atoms with Crippen molar-refractivity contribution in [3.8, 4) is 5.75 Å². The Balaban J connectivity index is 1.98. The van der Waals surface area contributed by atoms with Crippen LogP contribution < -0.4 is 4.74 Å². The van der Waals surface area contributed by atoms with Crippen molar-refractivity contribution in [1.82, 2.24) is 0 Å². The molecule has 1 atom stereocenters. The summed E-state index contributed by atoms with van der Waals surface area (Å²) in [5.74, 6) is 0.553. The van der Waals surface area contributed by atoms with Crippen LogP contribution in [0.1, 0.15) is 27.6 Å². The number of fused-ring (bicyclic) bond motifs is 1. The normalized spacial score (nSPS) is 16.5. The maximum Gasteiger partial charge on any atom is 0.344 e. The number of rotatable bonds is 3. The number of aliphatic hydroxyl groups excluding tert-OH is 1. The highest BCUT2D eigenvalue weighted by molar-refractivity contribution is 6.02. The summed E-state index contributed by atoms with van der Waals surface area (Å²) >= 11 is 0. The van der Waals surface area contributed by atoms with Crippen LogP contribution in [0.15, 0.2) is 54.6 Å². The molecule has 0 fully saturated rings. The second-order valence-corrected chi connectivity index (χ2v) is 4.65. The third kappa shape index (κ3) is 2.41. The Hall–Kier alpha value is -2.59. The van der Waals surface area contributed by atoms with Crippen LogP contribution in [-0.2, 0) is 4.74 Å². The molecule has 1 aliphatic heterocycles. The van der Waals surface area contributed by atoms with Crippen LogP contribution in [0.25, 0.3) is 5.76 Å². The Labute approximate surface area is 122 Å². The maximum atomic E-state index is 11.7. The zero-order chi connectivity index (χ0) is 14.8. The quantitative estimate of drug-likeness (QED) is 0.879. The largest absolute Gasteiger partial charge is 0.496 e. The fraction of sp³-hybridized carbons (Fsp3) is 0.118. The van der Waals surface area contributed by atoms with Gasteiger partial charge in [-0.3, -0.25) is 0 Å². The van der Waals surface area contributed by atoms with Crippen LogP contribution >= 0.6 is 0 Å². The predicted octanol–water partition coefficient (Wildman–Crippen LogP) is 2.94. The van der Waals surface area contributed by atoms with Crippen LogP contribution in [0.5, 0.6) is 5.75 Å². The first kappa shape index (κ1) is 13.4. The van der Waals surface area contributed by atoms with Gasteiger partial charge in [-0.1, -0.05) is 36.4 Å². The SMILES string of the molecule is COc1ccccc1C(O)/C=C1\OC(=O)c2ccccc21. The van der Waals surface area contributed by atoms with Gasteiger partial charge in [-0.15, -0.1) is 0 Å². The van der Waals surface area contributed by atoms with E-state index in [0.717, 1.165) is 0 Å². The second kappa shape index (κ2) is 5.42. The van der Waals surface area contributed by atoms with Crippen molar-refractivity contribution in [2.24, 2.45) is 0 Å². The van der Waals surface area contributed by atoms with Crippen molar-refractivity contribution < 1.29 is 19.4 Å². The lowest BCUT2D eigenvalue weighted by molar-refractivity contribution is 0.0713. The number of benzene rings is 2. The predicted molar refractivity (Wildman–Crippen MR) is 77.8 cm³/mol. The number of esters is 1. The molecular weight excluding hydrogens is 268 g/mol. The van der Waals surface area contributed by atoms with Gasteiger partial charge in [-0.25, -0.2) is 4.79 Å². The minimum Gasteiger partial charge on any atom is -0.496 e. The monoisotopic (exact) mass is 282 g/mol. The van der Waals surface area contributed by atoms with E-state index in [9.17, 15) is 9.90 Å². The van der Waals surface area contributed by atoms with Gasteiger partial charge < -0.3 is 14.6 Å². The first-order valence-electron chi connectivity index (χ1n) is 6.55. The molecule has 0 radical (unpaired) electrons. The summed E-state index contributed by atoms with van der Waals surface area (Å²) in [5.41, 5.74) is 1.82.